The quantitative estimate of drug-likeness (QED) is 0.560. The molecular formula is C14H30N2O2+2. The van der Waals surface area contributed by atoms with Gasteiger partial charge in [-0.1, -0.05) is 0 Å². The predicted octanol–water partition coefficient (Wildman–Crippen LogP) is 1.25. The first-order valence-electron chi connectivity index (χ1n) is 6.95. The molecule has 4 heteroatoms. The van der Waals surface area contributed by atoms with Gasteiger partial charge in [0.15, 0.2) is 6.04 Å². The van der Waals surface area contributed by atoms with Crippen LogP contribution in [0.5, 0.6) is 0 Å². The van der Waals surface area contributed by atoms with Crippen molar-refractivity contribution in [3.8, 4) is 0 Å². The average Bonchev–Trinajstić information content (AvgIpc) is 2.19. The summed E-state index contributed by atoms with van der Waals surface area (Å²) in [5.74, 6) is -0.0139. The Morgan fingerprint density at radius 1 is 1.28 bits per heavy atom. The first-order valence-corrected chi connectivity index (χ1v) is 6.95. The summed E-state index contributed by atoms with van der Waals surface area (Å²) in [6.07, 6.45) is 3.30. The lowest BCUT2D eigenvalue weighted by atomic mass is 9.94. The first-order chi connectivity index (χ1) is 8.14. The van der Waals surface area contributed by atoms with Gasteiger partial charge < -0.3 is 13.7 Å². The van der Waals surface area contributed by atoms with Crippen LogP contribution in [-0.4, -0.2) is 75.4 Å². The van der Waals surface area contributed by atoms with E-state index in [-0.39, 0.29) is 12.0 Å². The zero-order valence-electron chi connectivity index (χ0n) is 12.9. The van der Waals surface area contributed by atoms with Crippen molar-refractivity contribution in [2.75, 3.05) is 48.4 Å². The number of carbonyl (C=O) groups is 1. The van der Waals surface area contributed by atoms with Crippen molar-refractivity contribution in [3.63, 3.8) is 0 Å². The van der Waals surface area contributed by atoms with Crippen LogP contribution in [0.25, 0.3) is 0 Å². The summed E-state index contributed by atoms with van der Waals surface area (Å²) in [6.45, 7) is 3.61. The molecular weight excluding hydrogens is 228 g/mol. The third kappa shape index (κ3) is 3.95. The summed E-state index contributed by atoms with van der Waals surface area (Å²) in [5, 5.41) is 0. The molecule has 0 aliphatic carbocycles. The fraction of sp³-hybridized carbons (Fsp3) is 0.929. The molecule has 1 saturated heterocycles. The van der Waals surface area contributed by atoms with E-state index < -0.39 is 0 Å². The van der Waals surface area contributed by atoms with Gasteiger partial charge in [-0.2, -0.15) is 0 Å². The molecule has 1 aliphatic heterocycles. The molecule has 0 amide bonds. The number of rotatable bonds is 4. The van der Waals surface area contributed by atoms with Crippen molar-refractivity contribution in [2.24, 2.45) is 0 Å². The van der Waals surface area contributed by atoms with Gasteiger partial charge in [-0.15, -0.1) is 0 Å². The Kier molecular flexibility index (Phi) is 4.78. The Labute approximate surface area is 112 Å². The second-order valence-corrected chi connectivity index (χ2v) is 7.11. The number of quaternary nitrogens is 2. The van der Waals surface area contributed by atoms with Crippen LogP contribution >= 0.6 is 0 Å². The van der Waals surface area contributed by atoms with Crippen molar-refractivity contribution >= 4 is 5.97 Å². The van der Waals surface area contributed by atoms with E-state index in [0.717, 1.165) is 28.4 Å². The molecule has 106 valence electrons. The highest BCUT2D eigenvalue weighted by Gasteiger charge is 2.42. The van der Waals surface area contributed by atoms with E-state index >= 15 is 0 Å². The molecule has 1 heterocycles. The molecule has 0 aromatic heterocycles. The van der Waals surface area contributed by atoms with Gasteiger partial charge in [0.1, 0.15) is 13.2 Å². The molecule has 1 fully saturated rings. The normalized spacial score (nSPS) is 27.9. The highest BCUT2D eigenvalue weighted by atomic mass is 16.5. The zero-order valence-corrected chi connectivity index (χ0v) is 12.9. The highest BCUT2D eigenvalue weighted by Crippen LogP contribution is 2.28. The molecule has 0 aromatic carbocycles. The van der Waals surface area contributed by atoms with Gasteiger partial charge in [0.25, 0.3) is 0 Å². The van der Waals surface area contributed by atoms with Crippen LogP contribution in [0.2, 0.25) is 0 Å². The van der Waals surface area contributed by atoms with E-state index in [0.29, 0.717) is 12.6 Å². The number of likely N-dealkylation sites (N-methyl/N-ethyl adjacent to an activating group) is 2. The minimum Gasteiger partial charge on any atom is -0.455 e. The summed E-state index contributed by atoms with van der Waals surface area (Å²) in [5.41, 5.74) is 0. The maximum Gasteiger partial charge on any atom is 0.365 e. The largest absolute Gasteiger partial charge is 0.455 e. The molecule has 0 saturated carbocycles. The second-order valence-electron chi connectivity index (χ2n) is 7.11. The molecule has 0 aromatic rings. The minimum atomic E-state index is -0.0139. The Bertz CT molecular complexity index is 295. The fourth-order valence-corrected chi connectivity index (χ4v) is 2.49. The van der Waals surface area contributed by atoms with Crippen molar-refractivity contribution in [1.29, 1.82) is 0 Å². The lowest BCUT2D eigenvalue weighted by molar-refractivity contribution is -0.934. The van der Waals surface area contributed by atoms with Crippen LogP contribution in [0.4, 0.5) is 0 Å². The molecule has 0 radical (unpaired) electrons. The van der Waals surface area contributed by atoms with Gasteiger partial charge in [0.05, 0.1) is 41.3 Å². The number of hydrogen-bond acceptors (Lipinski definition) is 2. The van der Waals surface area contributed by atoms with E-state index in [1.165, 1.54) is 6.42 Å². The van der Waals surface area contributed by atoms with Crippen LogP contribution in [0.3, 0.4) is 0 Å². The number of carbonyl (C=O) groups excluding carboxylic acids is 1. The molecule has 0 unspecified atom stereocenters. The number of esters is 1. The summed E-state index contributed by atoms with van der Waals surface area (Å²) < 4.78 is 7.06. The van der Waals surface area contributed by atoms with Crippen molar-refractivity contribution < 1.29 is 18.5 Å². The molecule has 4 nitrogen and oxygen atoms in total. The van der Waals surface area contributed by atoms with Gasteiger partial charge in [0.2, 0.25) is 0 Å². The molecule has 0 spiro atoms. The van der Waals surface area contributed by atoms with Crippen molar-refractivity contribution in [3.05, 3.63) is 0 Å². The lowest BCUT2D eigenvalue weighted by Gasteiger charge is -2.44. The summed E-state index contributed by atoms with van der Waals surface area (Å²) >= 11 is 0. The van der Waals surface area contributed by atoms with Crippen LogP contribution < -0.4 is 0 Å². The molecule has 0 N–H and O–H groups in total. The fourth-order valence-electron chi connectivity index (χ4n) is 2.49. The topological polar surface area (TPSA) is 26.3 Å². The van der Waals surface area contributed by atoms with Gasteiger partial charge in [0, 0.05) is 6.42 Å². The molecule has 2 atom stereocenters. The Balaban J connectivity index is 2.50. The van der Waals surface area contributed by atoms with Crippen LogP contribution in [-0.2, 0) is 9.53 Å². The Hall–Kier alpha value is -0.610. The average molecular weight is 258 g/mol. The van der Waals surface area contributed by atoms with Crippen LogP contribution in [0, 0.1) is 0 Å². The Morgan fingerprint density at radius 3 is 2.44 bits per heavy atom. The number of ether oxygens (including phenoxy) is 1. The minimum absolute atomic E-state index is 0.0139. The van der Waals surface area contributed by atoms with E-state index in [1.807, 2.05) is 0 Å². The number of piperidine rings is 1. The number of likely N-dealkylation sites (tertiary alicyclic amines) is 1. The second kappa shape index (κ2) is 5.57. The molecule has 18 heavy (non-hydrogen) atoms. The molecule has 1 rings (SSSR count). The number of nitrogens with zero attached hydrogens (tertiary/aromatic N) is 2. The lowest BCUT2D eigenvalue weighted by Crippen LogP contribution is -2.60. The third-order valence-electron chi connectivity index (χ3n) is 4.32. The first kappa shape index (κ1) is 15.4. The van der Waals surface area contributed by atoms with E-state index in [1.54, 1.807) is 0 Å². The molecule has 0 bridgehead atoms. The van der Waals surface area contributed by atoms with Crippen LogP contribution in [0.15, 0.2) is 0 Å². The maximum absolute atomic E-state index is 12.2. The monoisotopic (exact) mass is 258 g/mol. The summed E-state index contributed by atoms with van der Waals surface area (Å²) in [6, 6.07) is 0.552. The third-order valence-corrected chi connectivity index (χ3v) is 4.32. The van der Waals surface area contributed by atoms with Gasteiger partial charge in [-0.3, -0.25) is 0 Å². The zero-order chi connectivity index (χ0) is 14.0. The Morgan fingerprint density at radius 2 is 1.89 bits per heavy atom. The summed E-state index contributed by atoms with van der Waals surface area (Å²) in [4.78, 5) is 12.2. The van der Waals surface area contributed by atoms with Gasteiger partial charge in [-0.25, -0.2) is 4.79 Å². The van der Waals surface area contributed by atoms with E-state index in [4.69, 9.17) is 4.74 Å². The van der Waals surface area contributed by atoms with Crippen molar-refractivity contribution in [1.82, 2.24) is 0 Å². The standard InChI is InChI=1S/C14H30N2O2/c1-12-8-7-9-13(16(12,5)6)14(17)18-11-10-15(2,3)4/h12-13H,7-11H2,1-6H3/q+2/t12-,13-/m1/s1. The van der Waals surface area contributed by atoms with Crippen LogP contribution in [0.1, 0.15) is 26.2 Å². The summed E-state index contributed by atoms with van der Waals surface area (Å²) in [7, 11) is 10.6. The molecule has 1 aliphatic rings. The SMILES string of the molecule is C[C@@H]1CCC[C@H](C(=O)OCC[N+](C)(C)C)[N+]1(C)C. The highest BCUT2D eigenvalue weighted by molar-refractivity contribution is 5.74. The van der Waals surface area contributed by atoms with E-state index in [2.05, 4.69) is 42.2 Å². The number of hydrogen-bond donors (Lipinski definition) is 0. The predicted molar refractivity (Wildman–Crippen MR) is 73.1 cm³/mol. The smallest absolute Gasteiger partial charge is 0.365 e. The van der Waals surface area contributed by atoms with Gasteiger partial charge in [-0.05, 0) is 19.8 Å². The maximum atomic E-state index is 12.2. The van der Waals surface area contributed by atoms with Crippen molar-refractivity contribution in [2.45, 2.75) is 38.3 Å². The van der Waals surface area contributed by atoms with Gasteiger partial charge >= 0.3 is 5.97 Å². The van der Waals surface area contributed by atoms with E-state index in [9.17, 15) is 4.79 Å².